The number of carbonyl (C=O) groups excluding carboxylic acids is 2. The minimum absolute atomic E-state index is 0.0391. The molecule has 5 unspecified atom stereocenters. The molecule has 0 radical (unpaired) electrons. The Morgan fingerprint density at radius 2 is 1.27 bits per heavy atom. The minimum atomic E-state index is -0.174. The molecule has 3 aliphatic heterocycles. The SMILES string of the molecule is CCC(C)C(=O)N1C(C2=NC(c3ccc(-c4ccc(-c5nc(C6CCN(C)N6C(=O)C(C)CC)[nH]c5Cl)cc4)cc3)=C(Cl)CC2CC)CCN1C. The van der Waals surface area contributed by atoms with Crippen LogP contribution >= 0.6 is 23.2 Å². The van der Waals surface area contributed by atoms with Gasteiger partial charge in [0.05, 0.1) is 11.7 Å². The van der Waals surface area contributed by atoms with Gasteiger partial charge in [-0.15, -0.1) is 0 Å². The van der Waals surface area contributed by atoms with E-state index in [4.69, 9.17) is 33.2 Å². The van der Waals surface area contributed by atoms with Gasteiger partial charge in [0.25, 0.3) is 0 Å². The fraction of sp³-hybridized carbons (Fsp3) is 0.500. The van der Waals surface area contributed by atoms with Crippen molar-refractivity contribution < 1.29 is 9.59 Å². The molecule has 6 rings (SSSR count). The predicted molar refractivity (Wildman–Crippen MR) is 207 cm³/mol. The molecule has 0 bridgehead atoms. The van der Waals surface area contributed by atoms with Crippen molar-refractivity contribution in [3.63, 3.8) is 0 Å². The first-order valence-electron chi connectivity index (χ1n) is 18.5. The van der Waals surface area contributed by atoms with Crippen LogP contribution in [0.3, 0.4) is 0 Å². The Labute approximate surface area is 312 Å². The van der Waals surface area contributed by atoms with E-state index in [1.54, 1.807) is 0 Å². The van der Waals surface area contributed by atoms with Crippen LogP contribution in [0.4, 0.5) is 0 Å². The number of hydrogen-bond acceptors (Lipinski definition) is 6. The number of hydrazine groups is 2. The fourth-order valence-corrected chi connectivity index (χ4v) is 8.09. The quantitative estimate of drug-likeness (QED) is 0.225. The van der Waals surface area contributed by atoms with Crippen molar-refractivity contribution in [2.45, 2.75) is 85.2 Å². The zero-order chi connectivity index (χ0) is 36.6. The summed E-state index contributed by atoms with van der Waals surface area (Å²) in [7, 11) is 3.95. The van der Waals surface area contributed by atoms with E-state index in [9.17, 15) is 9.59 Å². The van der Waals surface area contributed by atoms with E-state index >= 15 is 0 Å². The van der Waals surface area contributed by atoms with Crippen LogP contribution in [0.1, 0.15) is 90.6 Å². The molecule has 1 aromatic heterocycles. The summed E-state index contributed by atoms with van der Waals surface area (Å²) in [5.74, 6) is 1.07. The number of hydrogen-bond donors (Lipinski definition) is 1. The van der Waals surface area contributed by atoms with Crippen molar-refractivity contribution >= 4 is 46.4 Å². The molecule has 0 aliphatic carbocycles. The molecule has 2 saturated heterocycles. The van der Waals surface area contributed by atoms with E-state index < -0.39 is 0 Å². The van der Waals surface area contributed by atoms with E-state index in [-0.39, 0.29) is 41.7 Å². The highest BCUT2D eigenvalue weighted by Crippen LogP contribution is 2.39. The Morgan fingerprint density at radius 3 is 1.80 bits per heavy atom. The average molecular weight is 733 g/mol. The molecule has 2 aromatic carbocycles. The lowest BCUT2D eigenvalue weighted by atomic mass is 9.86. The summed E-state index contributed by atoms with van der Waals surface area (Å²) in [6.45, 7) is 11.8. The zero-order valence-electron chi connectivity index (χ0n) is 30.9. The second kappa shape index (κ2) is 15.6. The molecule has 5 atom stereocenters. The number of aliphatic imine (C=N–C) groups is 1. The van der Waals surface area contributed by atoms with Crippen LogP contribution in [0.5, 0.6) is 0 Å². The number of amides is 2. The van der Waals surface area contributed by atoms with Gasteiger partial charge in [-0.2, -0.15) is 0 Å². The topological polar surface area (TPSA) is 88.1 Å². The molecule has 2 amide bonds. The number of halogens is 2. The van der Waals surface area contributed by atoms with Crippen LogP contribution in [0.25, 0.3) is 28.1 Å². The van der Waals surface area contributed by atoms with Gasteiger partial charge in [0, 0.05) is 66.8 Å². The molecule has 11 heteroatoms. The number of aromatic amines is 1. The lowest BCUT2D eigenvalue weighted by Crippen LogP contribution is -2.50. The fourth-order valence-electron chi connectivity index (χ4n) is 7.50. The number of benzene rings is 2. The molecular weight excluding hydrogens is 681 g/mol. The van der Waals surface area contributed by atoms with Crippen molar-refractivity contribution in [3.8, 4) is 22.4 Å². The summed E-state index contributed by atoms with van der Waals surface area (Å²) in [6, 6.07) is 16.4. The van der Waals surface area contributed by atoms with Gasteiger partial charge in [0.1, 0.15) is 22.7 Å². The van der Waals surface area contributed by atoms with Crippen LogP contribution in [-0.4, -0.2) is 80.8 Å². The maximum absolute atomic E-state index is 13.4. The Balaban J connectivity index is 1.21. The third kappa shape index (κ3) is 7.28. The first-order chi connectivity index (χ1) is 24.5. The van der Waals surface area contributed by atoms with Crippen LogP contribution in [0.2, 0.25) is 5.15 Å². The predicted octanol–water partition coefficient (Wildman–Crippen LogP) is 8.84. The smallest absolute Gasteiger partial charge is 0.240 e. The number of nitrogens with one attached hydrogen (secondary N) is 1. The molecule has 3 aliphatic rings. The summed E-state index contributed by atoms with van der Waals surface area (Å²) < 4.78 is 0. The van der Waals surface area contributed by atoms with Crippen molar-refractivity contribution in [1.29, 1.82) is 0 Å². The maximum Gasteiger partial charge on any atom is 0.240 e. The molecule has 3 aromatic rings. The Kier molecular flexibility index (Phi) is 11.4. The van der Waals surface area contributed by atoms with Crippen LogP contribution < -0.4 is 0 Å². The number of nitrogens with zero attached hydrogens (tertiary/aromatic N) is 6. The van der Waals surface area contributed by atoms with Gasteiger partial charge >= 0.3 is 0 Å². The summed E-state index contributed by atoms with van der Waals surface area (Å²) in [4.78, 5) is 40.0. The third-order valence-corrected chi connectivity index (χ3v) is 11.7. The lowest BCUT2D eigenvalue weighted by molar-refractivity contribution is -0.150. The highest BCUT2D eigenvalue weighted by molar-refractivity contribution is 6.33. The monoisotopic (exact) mass is 731 g/mol. The number of H-pyrrole nitrogens is 1. The van der Waals surface area contributed by atoms with Gasteiger partial charge in [-0.1, -0.05) is 106 Å². The molecule has 4 heterocycles. The van der Waals surface area contributed by atoms with E-state index in [2.05, 4.69) is 60.2 Å². The number of aromatic nitrogens is 2. The molecule has 1 N–H and O–H groups in total. The van der Waals surface area contributed by atoms with E-state index in [0.29, 0.717) is 16.7 Å². The molecule has 0 spiro atoms. The minimum Gasteiger partial charge on any atom is -0.331 e. The Morgan fingerprint density at radius 1 is 0.784 bits per heavy atom. The maximum atomic E-state index is 13.4. The third-order valence-electron chi connectivity index (χ3n) is 11.1. The largest absolute Gasteiger partial charge is 0.331 e. The lowest BCUT2D eigenvalue weighted by Gasteiger charge is -2.36. The van der Waals surface area contributed by atoms with Gasteiger partial charge in [-0.05, 0) is 49.7 Å². The van der Waals surface area contributed by atoms with Gasteiger partial charge in [0.15, 0.2) is 0 Å². The molecule has 51 heavy (non-hydrogen) atoms. The van der Waals surface area contributed by atoms with Crippen LogP contribution in [0, 0.1) is 17.8 Å². The van der Waals surface area contributed by atoms with Crippen molar-refractivity contribution in [3.05, 3.63) is 70.1 Å². The highest BCUT2D eigenvalue weighted by Gasteiger charge is 2.42. The van der Waals surface area contributed by atoms with Gasteiger partial charge in [0.2, 0.25) is 11.8 Å². The summed E-state index contributed by atoms with van der Waals surface area (Å²) in [6.07, 6.45) is 4.90. The summed E-state index contributed by atoms with van der Waals surface area (Å²) >= 11 is 13.7. The normalized spacial score (nSPS) is 22.8. The Hall–Kier alpha value is -3.50. The standard InChI is InChI=1S/C40H51Cl2N7O2/c1-8-24(4)39(50)48-32(19-21-46(48)6)35-26(10-3)23-31(41)34(43-35)29-15-11-27(12-16-29)28-13-17-30(18-14-28)36-37(42)45-38(44-36)33-20-22-47(7)49(33)40(51)25(5)9-2/h11-18,24-26,32-33H,8-10,19-23H2,1-7H3,(H,44,45). The number of rotatable bonds is 10. The average Bonchev–Trinajstić information content (AvgIpc) is 3.85. The van der Waals surface area contributed by atoms with Crippen molar-refractivity contribution in [2.75, 3.05) is 27.2 Å². The first-order valence-corrected chi connectivity index (χ1v) is 19.2. The number of imidazole rings is 1. The van der Waals surface area contributed by atoms with Gasteiger partial charge in [-0.3, -0.25) is 24.6 Å². The van der Waals surface area contributed by atoms with Gasteiger partial charge < -0.3 is 4.98 Å². The van der Waals surface area contributed by atoms with Crippen molar-refractivity contribution in [1.82, 2.24) is 30.0 Å². The van der Waals surface area contributed by atoms with E-state index in [1.165, 1.54) is 0 Å². The molecular formula is C40H51Cl2N7O2. The van der Waals surface area contributed by atoms with E-state index in [1.807, 2.05) is 62.0 Å². The van der Waals surface area contributed by atoms with E-state index in [0.717, 1.165) is 90.3 Å². The molecule has 9 nitrogen and oxygen atoms in total. The Bertz CT molecular complexity index is 1800. The van der Waals surface area contributed by atoms with Gasteiger partial charge in [-0.25, -0.2) is 15.0 Å². The number of allylic oxidation sites excluding steroid dienone is 1. The first kappa shape index (κ1) is 37.3. The summed E-state index contributed by atoms with van der Waals surface area (Å²) in [5.41, 5.74) is 6.53. The number of carbonyl (C=O) groups is 2. The highest BCUT2D eigenvalue weighted by atomic mass is 35.5. The second-order valence-corrected chi connectivity index (χ2v) is 15.2. The van der Waals surface area contributed by atoms with Crippen LogP contribution in [0.15, 0.2) is 58.6 Å². The molecule has 0 saturated carbocycles. The van der Waals surface area contributed by atoms with Crippen molar-refractivity contribution in [2.24, 2.45) is 22.7 Å². The zero-order valence-corrected chi connectivity index (χ0v) is 32.4. The molecule has 272 valence electrons. The molecule has 2 fully saturated rings. The van der Waals surface area contributed by atoms with Crippen LogP contribution in [-0.2, 0) is 9.59 Å². The second-order valence-electron chi connectivity index (χ2n) is 14.4. The summed E-state index contributed by atoms with van der Waals surface area (Å²) in [5, 5.41) is 9.06.